The number of anilines is 1. The summed E-state index contributed by atoms with van der Waals surface area (Å²) in [4.78, 5) is 14.6. The van der Waals surface area contributed by atoms with E-state index in [0.29, 0.717) is 46.1 Å². The first-order chi connectivity index (χ1) is 19.7. The number of amides is 1. The number of fused-ring (bicyclic) bond motifs is 2. The van der Waals surface area contributed by atoms with Gasteiger partial charge in [-0.2, -0.15) is 0 Å². The summed E-state index contributed by atoms with van der Waals surface area (Å²) in [7, 11) is 0. The second-order valence-electron chi connectivity index (χ2n) is 10.9. The fourth-order valence-corrected chi connectivity index (χ4v) is 7.09. The Bertz CT molecular complexity index is 1480. The summed E-state index contributed by atoms with van der Waals surface area (Å²) in [5.74, 6) is 0.000165. The van der Waals surface area contributed by atoms with Crippen molar-refractivity contribution in [2.75, 3.05) is 11.4 Å². The van der Waals surface area contributed by atoms with Crippen LogP contribution in [0.1, 0.15) is 66.6 Å². The van der Waals surface area contributed by atoms with Crippen LogP contribution in [-0.4, -0.2) is 43.9 Å². The number of carbonyl (C=O) groups is 1. The molecule has 2 aromatic carbocycles. The molecule has 41 heavy (non-hydrogen) atoms. The SMILES string of the molecule is CCC(NC(=O)c1ccc(N2C[C@@H]3C[C@H]2C[C@H]3OCc2c(-c3c(Cl)cccc3Cl)noc2C2CC2)cc1F)S(=O)[O-]. The average Bonchev–Trinajstić information content (AvgIpc) is 3.39. The van der Waals surface area contributed by atoms with Crippen LogP contribution in [0, 0.1) is 11.7 Å². The zero-order chi connectivity index (χ0) is 28.8. The molecule has 12 heteroatoms. The molecule has 3 aliphatic rings. The van der Waals surface area contributed by atoms with Gasteiger partial charge in [0.25, 0.3) is 5.91 Å². The highest BCUT2D eigenvalue weighted by Gasteiger charge is 2.46. The standard InChI is InChI=1S/C29H30Cl2FN3O5S/c1-2-25(41(37)38)33-29(36)19-9-8-17(11-23(19)32)35-13-16-10-18(35)12-24(16)39-14-20-27(34-40-28(20)15-6-7-15)26-21(30)4-3-5-22(26)31/h3-5,8-9,11,15-16,18,24-25H,2,6-7,10,12-14H2,1H3,(H,33,36)(H,37,38)/p-1/t16-,18-,24+,25?/m0/s1. The van der Waals surface area contributed by atoms with E-state index in [2.05, 4.69) is 15.4 Å². The molecule has 3 fully saturated rings. The smallest absolute Gasteiger partial charge is 0.255 e. The number of hydrogen-bond acceptors (Lipinski definition) is 7. The van der Waals surface area contributed by atoms with Crippen LogP contribution >= 0.6 is 23.2 Å². The molecule has 5 atom stereocenters. The van der Waals surface area contributed by atoms with Gasteiger partial charge < -0.3 is 24.0 Å². The molecule has 218 valence electrons. The van der Waals surface area contributed by atoms with Gasteiger partial charge in [0.15, 0.2) is 0 Å². The molecule has 2 heterocycles. The van der Waals surface area contributed by atoms with Gasteiger partial charge in [-0.15, -0.1) is 0 Å². The molecular formula is C29H29Cl2FN3O5S-. The molecule has 2 aliphatic carbocycles. The van der Waals surface area contributed by atoms with Crippen LogP contribution in [0.2, 0.25) is 10.0 Å². The predicted molar refractivity (Wildman–Crippen MR) is 153 cm³/mol. The summed E-state index contributed by atoms with van der Waals surface area (Å²) < 4.78 is 49.7. The van der Waals surface area contributed by atoms with Crippen molar-refractivity contribution in [2.24, 2.45) is 5.92 Å². The molecule has 3 aromatic rings. The summed E-state index contributed by atoms with van der Waals surface area (Å²) >= 11 is 10.5. The quantitative estimate of drug-likeness (QED) is 0.269. The minimum absolute atomic E-state index is 0.0293. The van der Waals surface area contributed by atoms with Crippen LogP contribution in [0.3, 0.4) is 0 Å². The Hall–Kier alpha value is -2.50. The molecule has 0 radical (unpaired) electrons. The number of ether oxygens (including phenoxy) is 1. The second-order valence-corrected chi connectivity index (χ2v) is 12.8. The Kier molecular flexibility index (Phi) is 8.13. The van der Waals surface area contributed by atoms with Gasteiger partial charge in [0, 0.05) is 41.2 Å². The van der Waals surface area contributed by atoms with Gasteiger partial charge in [-0.1, -0.05) is 41.3 Å². The lowest BCUT2D eigenvalue weighted by molar-refractivity contribution is 0.0122. The van der Waals surface area contributed by atoms with E-state index in [-0.39, 0.29) is 30.0 Å². The summed E-state index contributed by atoms with van der Waals surface area (Å²) in [6.07, 6.45) is 4.03. The molecule has 6 rings (SSSR count). The molecule has 2 saturated carbocycles. The van der Waals surface area contributed by atoms with E-state index in [1.807, 2.05) is 0 Å². The minimum atomic E-state index is -2.49. The summed E-state index contributed by atoms with van der Waals surface area (Å²) in [5.41, 5.74) is 2.67. The third kappa shape index (κ3) is 5.64. The topological polar surface area (TPSA) is 108 Å². The molecule has 0 spiro atoms. The number of rotatable bonds is 10. The van der Waals surface area contributed by atoms with E-state index < -0.39 is 28.2 Å². The largest absolute Gasteiger partial charge is 0.771 e. The van der Waals surface area contributed by atoms with Crippen molar-refractivity contribution in [3.63, 3.8) is 0 Å². The van der Waals surface area contributed by atoms with Crippen molar-refractivity contribution in [3.05, 3.63) is 69.1 Å². The molecule has 8 nitrogen and oxygen atoms in total. The summed E-state index contributed by atoms with van der Waals surface area (Å²) in [5, 5.41) is 6.65. The van der Waals surface area contributed by atoms with Gasteiger partial charge in [-0.05, 0) is 73.5 Å². The number of nitrogens with zero attached hydrogens (tertiary/aromatic N) is 2. The van der Waals surface area contributed by atoms with Crippen LogP contribution in [0.15, 0.2) is 40.9 Å². The van der Waals surface area contributed by atoms with Crippen molar-refractivity contribution in [3.8, 4) is 11.3 Å². The molecule has 2 bridgehead atoms. The number of halogens is 3. The normalized spacial score (nSPS) is 23.1. The van der Waals surface area contributed by atoms with Crippen LogP contribution in [0.4, 0.5) is 10.1 Å². The van der Waals surface area contributed by atoms with Gasteiger partial charge in [0.2, 0.25) is 0 Å². The minimum Gasteiger partial charge on any atom is -0.771 e. The first-order valence-corrected chi connectivity index (χ1v) is 15.6. The number of benzene rings is 2. The predicted octanol–water partition coefficient (Wildman–Crippen LogP) is 6.19. The summed E-state index contributed by atoms with van der Waals surface area (Å²) in [6, 6.07) is 10.00. The Labute approximate surface area is 249 Å². The van der Waals surface area contributed by atoms with Crippen LogP contribution in [0.25, 0.3) is 11.3 Å². The van der Waals surface area contributed by atoms with E-state index in [1.165, 1.54) is 12.1 Å². The van der Waals surface area contributed by atoms with Gasteiger partial charge in [0.05, 0.1) is 33.7 Å². The Morgan fingerprint density at radius 3 is 2.63 bits per heavy atom. The Morgan fingerprint density at radius 2 is 2.02 bits per heavy atom. The maximum Gasteiger partial charge on any atom is 0.255 e. The summed E-state index contributed by atoms with van der Waals surface area (Å²) in [6.45, 7) is 2.67. The zero-order valence-electron chi connectivity index (χ0n) is 22.3. The number of nitrogens with one attached hydrogen (secondary N) is 1. The first-order valence-electron chi connectivity index (χ1n) is 13.7. The maximum absolute atomic E-state index is 14.9. The van der Waals surface area contributed by atoms with Crippen molar-refractivity contribution >= 4 is 45.9 Å². The first kappa shape index (κ1) is 28.6. The van der Waals surface area contributed by atoms with Gasteiger partial charge in [-0.25, -0.2) is 4.39 Å². The van der Waals surface area contributed by atoms with Crippen LogP contribution in [0.5, 0.6) is 0 Å². The molecule has 2 unspecified atom stereocenters. The van der Waals surface area contributed by atoms with E-state index in [1.54, 1.807) is 31.2 Å². The highest BCUT2D eigenvalue weighted by atomic mass is 35.5. The highest BCUT2D eigenvalue weighted by Crippen LogP contribution is 2.47. The lowest BCUT2D eigenvalue weighted by Gasteiger charge is -2.33. The third-order valence-corrected chi connectivity index (χ3v) is 9.85. The lowest BCUT2D eigenvalue weighted by atomic mass is 10.0. The van der Waals surface area contributed by atoms with Crippen molar-refractivity contribution in [1.82, 2.24) is 10.5 Å². The molecule has 1 aliphatic heterocycles. The van der Waals surface area contributed by atoms with Crippen LogP contribution < -0.4 is 10.2 Å². The average molecular weight is 622 g/mol. The number of aromatic nitrogens is 1. The van der Waals surface area contributed by atoms with E-state index in [4.69, 9.17) is 32.5 Å². The van der Waals surface area contributed by atoms with Crippen LogP contribution in [-0.2, 0) is 22.4 Å². The monoisotopic (exact) mass is 620 g/mol. The van der Waals surface area contributed by atoms with Gasteiger partial charge in [0.1, 0.15) is 17.3 Å². The van der Waals surface area contributed by atoms with Crippen molar-refractivity contribution in [2.45, 2.75) is 69.1 Å². The molecule has 1 N–H and O–H groups in total. The van der Waals surface area contributed by atoms with E-state index in [9.17, 15) is 17.9 Å². The van der Waals surface area contributed by atoms with E-state index in [0.717, 1.165) is 37.0 Å². The number of hydrogen-bond donors (Lipinski definition) is 1. The third-order valence-electron chi connectivity index (χ3n) is 8.31. The zero-order valence-corrected chi connectivity index (χ0v) is 24.6. The van der Waals surface area contributed by atoms with Crippen molar-refractivity contribution in [1.29, 1.82) is 0 Å². The molecule has 1 aromatic heterocycles. The Morgan fingerprint density at radius 1 is 1.27 bits per heavy atom. The highest BCUT2D eigenvalue weighted by molar-refractivity contribution is 7.79. The van der Waals surface area contributed by atoms with Crippen molar-refractivity contribution < 1.29 is 27.2 Å². The fourth-order valence-electron chi connectivity index (χ4n) is 6.04. The molecular weight excluding hydrogens is 592 g/mol. The molecule has 1 amide bonds. The fraction of sp³-hybridized carbons (Fsp3) is 0.448. The maximum atomic E-state index is 14.9. The van der Waals surface area contributed by atoms with E-state index >= 15 is 0 Å². The number of piperidine rings is 1. The number of carbonyl (C=O) groups excluding carboxylic acids is 1. The lowest BCUT2D eigenvalue weighted by Crippen LogP contribution is -2.39. The van der Waals surface area contributed by atoms with Gasteiger partial charge >= 0.3 is 0 Å². The second kappa shape index (κ2) is 11.6. The van der Waals surface area contributed by atoms with Gasteiger partial charge in [-0.3, -0.25) is 9.00 Å². The molecule has 1 saturated heterocycles. The Balaban J connectivity index is 1.12.